The Morgan fingerprint density at radius 1 is 1.21 bits per heavy atom. The van der Waals surface area contributed by atoms with E-state index < -0.39 is 0 Å². The van der Waals surface area contributed by atoms with E-state index in [1.807, 2.05) is 11.8 Å². The summed E-state index contributed by atoms with van der Waals surface area (Å²) < 4.78 is 0.386. The van der Waals surface area contributed by atoms with Crippen LogP contribution in [0.4, 0.5) is 0 Å². The van der Waals surface area contributed by atoms with Gasteiger partial charge in [0.15, 0.2) is 0 Å². The molecule has 2 rings (SSSR count). The third-order valence-corrected chi connectivity index (χ3v) is 5.61. The van der Waals surface area contributed by atoms with E-state index in [0.29, 0.717) is 16.8 Å². The summed E-state index contributed by atoms with van der Waals surface area (Å²) in [6.45, 7) is 8.89. The molecule has 2 fully saturated rings. The monoisotopic (exact) mass is 215 g/mol. The maximum absolute atomic E-state index is 9.63. The molecule has 0 aromatic heterocycles. The minimum Gasteiger partial charge on any atom is -0.392 e. The van der Waals surface area contributed by atoms with Crippen LogP contribution in [-0.4, -0.2) is 33.8 Å². The first-order chi connectivity index (χ1) is 6.34. The number of rotatable bonds is 2. The minimum absolute atomic E-state index is 0.0658. The molecule has 82 valence electrons. The first-order valence-electron chi connectivity index (χ1n) is 5.42. The summed E-state index contributed by atoms with van der Waals surface area (Å²) >= 11 is 2.02. The largest absolute Gasteiger partial charge is 0.392 e. The van der Waals surface area contributed by atoms with Gasteiger partial charge in [-0.05, 0) is 20.3 Å². The molecule has 1 saturated carbocycles. The molecule has 2 N–H and O–H groups in total. The van der Waals surface area contributed by atoms with Crippen LogP contribution in [0.15, 0.2) is 0 Å². The molecule has 0 aromatic rings. The van der Waals surface area contributed by atoms with Gasteiger partial charge in [0.05, 0.1) is 6.10 Å². The molecule has 1 aliphatic heterocycles. The van der Waals surface area contributed by atoms with Gasteiger partial charge in [0.2, 0.25) is 0 Å². The highest BCUT2D eigenvalue weighted by atomic mass is 32.2. The van der Waals surface area contributed by atoms with E-state index in [0.717, 1.165) is 6.42 Å². The smallest absolute Gasteiger partial charge is 0.0621 e. The number of hydrogen-bond donors (Lipinski definition) is 2. The second-order valence-corrected chi connectivity index (χ2v) is 7.43. The Labute approximate surface area is 90.8 Å². The second-order valence-electron chi connectivity index (χ2n) is 5.76. The lowest BCUT2D eigenvalue weighted by molar-refractivity contribution is -0.0765. The van der Waals surface area contributed by atoms with Crippen molar-refractivity contribution in [2.75, 3.05) is 5.75 Å². The first-order valence-corrected chi connectivity index (χ1v) is 6.40. The number of aliphatic hydroxyl groups excluding tert-OH is 1. The van der Waals surface area contributed by atoms with Crippen molar-refractivity contribution < 1.29 is 5.11 Å². The zero-order valence-electron chi connectivity index (χ0n) is 9.50. The van der Waals surface area contributed by atoms with Crippen LogP contribution in [0.2, 0.25) is 0 Å². The predicted molar refractivity (Wildman–Crippen MR) is 61.7 cm³/mol. The molecule has 1 aliphatic carbocycles. The van der Waals surface area contributed by atoms with Crippen LogP contribution in [0.25, 0.3) is 0 Å². The maximum atomic E-state index is 9.63. The Morgan fingerprint density at radius 2 is 1.86 bits per heavy atom. The van der Waals surface area contributed by atoms with Crippen molar-refractivity contribution in [2.24, 2.45) is 5.41 Å². The predicted octanol–water partition coefficient (Wildman–Crippen LogP) is 1.63. The first kappa shape index (κ1) is 10.8. The fraction of sp³-hybridized carbons (Fsp3) is 1.00. The van der Waals surface area contributed by atoms with Gasteiger partial charge in [-0.25, -0.2) is 0 Å². The Balaban J connectivity index is 1.88. The number of nitrogens with one attached hydrogen (secondary N) is 1. The molecule has 0 aromatic carbocycles. The summed E-state index contributed by atoms with van der Waals surface area (Å²) in [7, 11) is 0. The van der Waals surface area contributed by atoms with Gasteiger partial charge >= 0.3 is 0 Å². The highest BCUT2D eigenvalue weighted by molar-refractivity contribution is 8.02. The number of hydrogen-bond acceptors (Lipinski definition) is 3. The van der Waals surface area contributed by atoms with E-state index in [2.05, 4.69) is 33.0 Å². The molecule has 3 heteroatoms. The van der Waals surface area contributed by atoms with E-state index in [1.54, 1.807) is 0 Å². The molecular formula is C11H21NOS. The Bertz CT molecular complexity index is 239. The van der Waals surface area contributed by atoms with E-state index in [1.165, 1.54) is 5.75 Å². The number of aliphatic hydroxyl groups is 1. The van der Waals surface area contributed by atoms with Gasteiger partial charge in [0.25, 0.3) is 0 Å². The molecule has 1 heterocycles. The zero-order chi connectivity index (χ0) is 10.6. The SMILES string of the molecule is CC1(C)SCC1NC1CC(O)C1(C)C. The Morgan fingerprint density at radius 3 is 2.14 bits per heavy atom. The fourth-order valence-electron chi connectivity index (χ4n) is 2.18. The summed E-state index contributed by atoms with van der Waals surface area (Å²) in [5, 5.41) is 13.3. The van der Waals surface area contributed by atoms with E-state index in [9.17, 15) is 5.11 Å². The van der Waals surface area contributed by atoms with Crippen molar-refractivity contribution in [3.05, 3.63) is 0 Å². The van der Waals surface area contributed by atoms with Crippen LogP contribution >= 0.6 is 11.8 Å². The topological polar surface area (TPSA) is 32.3 Å². The fourth-order valence-corrected chi connectivity index (χ4v) is 3.34. The number of thioether (sulfide) groups is 1. The normalized spacial score (nSPS) is 43.9. The lowest BCUT2D eigenvalue weighted by Crippen LogP contribution is -2.67. The van der Waals surface area contributed by atoms with Crippen molar-refractivity contribution in [1.82, 2.24) is 5.32 Å². The maximum Gasteiger partial charge on any atom is 0.0621 e. The van der Waals surface area contributed by atoms with Crippen molar-refractivity contribution in [1.29, 1.82) is 0 Å². The van der Waals surface area contributed by atoms with Crippen LogP contribution in [0, 0.1) is 5.41 Å². The highest BCUT2D eigenvalue weighted by Gasteiger charge is 2.50. The lowest BCUT2D eigenvalue weighted by Gasteiger charge is -2.55. The highest BCUT2D eigenvalue weighted by Crippen LogP contribution is 2.45. The molecule has 0 amide bonds. The van der Waals surface area contributed by atoms with Crippen LogP contribution in [0.5, 0.6) is 0 Å². The quantitative estimate of drug-likeness (QED) is 0.734. The Kier molecular flexibility index (Phi) is 2.41. The van der Waals surface area contributed by atoms with Crippen LogP contribution in [0.3, 0.4) is 0 Å². The third-order valence-electron chi connectivity index (χ3n) is 4.08. The average molecular weight is 215 g/mol. The van der Waals surface area contributed by atoms with E-state index in [-0.39, 0.29) is 11.5 Å². The van der Waals surface area contributed by atoms with Crippen molar-refractivity contribution in [3.8, 4) is 0 Å². The minimum atomic E-state index is -0.115. The molecule has 0 spiro atoms. The summed E-state index contributed by atoms with van der Waals surface area (Å²) in [6.07, 6.45) is 0.806. The third kappa shape index (κ3) is 1.50. The molecule has 14 heavy (non-hydrogen) atoms. The molecule has 2 nitrogen and oxygen atoms in total. The Hall–Kier alpha value is 0.270. The zero-order valence-corrected chi connectivity index (χ0v) is 10.3. The van der Waals surface area contributed by atoms with Gasteiger partial charge < -0.3 is 10.4 Å². The van der Waals surface area contributed by atoms with Gasteiger partial charge in [0, 0.05) is 28.0 Å². The molecule has 3 unspecified atom stereocenters. The molecule has 0 bridgehead atoms. The summed E-state index contributed by atoms with van der Waals surface area (Å²) in [5.74, 6) is 1.22. The summed E-state index contributed by atoms with van der Waals surface area (Å²) in [6, 6.07) is 1.13. The van der Waals surface area contributed by atoms with Gasteiger partial charge in [-0.15, -0.1) is 0 Å². The van der Waals surface area contributed by atoms with E-state index in [4.69, 9.17) is 0 Å². The van der Waals surface area contributed by atoms with Crippen LogP contribution in [-0.2, 0) is 0 Å². The average Bonchev–Trinajstić information content (AvgIpc) is 2.10. The van der Waals surface area contributed by atoms with Gasteiger partial charge in [-0.1, -0.05) is 13.8 Å². The lowest BCUT2D eigenvalue weighted by atomic mass is 9.64. The molecular weight excluding hydrogens is 194 g/mol. The molecule has 3 atom stereocenters. The molecule has 1 saturated heterocycles. The molecule has 2 aliphatic rings. The van der Waals surface area contributed by atoms with Gasteiger partial charge in [-0.2, -0.15) is 11.8 Å². The molecule has 0 radical (unpaired) electrons. The van der Waals surface area contributed by atoms with Gasteiger partial charge in [0.1, 0.15) is 0 Å². The van der Waals surface area contributed by atoms with E-state index >= 15 is 0 Å². The summed E-state index contributed by atoms with van der Waals surface area (Å²) in [5.41, 5.74) is 0.0658. The van der Waals surface area contributed by atoms with Crippen molar-refractivity contribution in [3.63, 3.8) is 0 Å². The van der Waals surface area contributed by atoms with Gasteiger partial charge in [-0.3, -0.25) is 0 Å². The van der Waals surface area contributed by atoms with Crippen LogP contribution < -0.4 is 5.32 Å². The second kappa shape index (κ2) is 3.13. The van der Waals surface area contributed by atoms with Crippen LogP contribution in [0.1, 0.15) is 34.1 Å². The van der Waals surface area contributed by atoms with Crippen molar-refractivity contribution in [2.45, 2.75) is 57.1 Å². The standard InChI is InChI=1S/C11H21NOS/c1-10(2)7(5-9(10)13)12-8-6-14-11(8,3)4/h7-9,12-13H,5-6H2,1-4H3. The van der Waals surface area contributed by atoms with Crippen molar-refractivity contribution >= 4 is 11.8 Å². The summed E-state index contributed by atoms with van der Waals surface area (Å²) in [4.78, 5) is 0.